The van der Waals surface area contributed by atoms with E-state index in [-0.39, 0.29) is 24.8 Å². The highest BCUT2D eigenvalue weighted by atomic mass is 35.5. The maximum absolute atomic E-state index is 3.45. The van der Waals surface area contributed by atoms with Crippen LogP contribution < -0.4 is 5.32 Å². The number of hydrogen-bond donors (Lipinski definition) is 1. The van der Waals surface area contributed by atoms with Crippen LogP contribution in [0.4, 0.5) is 0 Å². The Labute approximate surface area is 126 Å². The van der Waals surface area contributed by atoms with Crippen LogP contribution in [0.3, 0.4) is 0 Å². The second-order valence-corrected chi connectivity index (χ2v) is 5.92. The first-order valence-electron chi connectivity index (χ1n) is 6.43. The van der Waals surface area contributed by atoms with Crippen LogP contribution in [0.1, 0.15) is 30.2 Å². The summed E-state index contributed by atoms with van der Waals surface area (Å²) < 4.78 is 0. The molecule has 5 heteroatoms. The average Bonchev–Trinajstić information content (AvgIpc) is 2.77. The van der Waals surface area contributed by atoms with Crippen molar-refractivity contribution in [2.24, 2.45) is 5.92 Å². The van der Waals surface area contributed by atoms with Crippen molar-refractivity contribution in [3.8, 4) is 0 Å². The molecule has 2 aliphatic rings. The Hall–Kier alpha value is 0.200. The second kappa shape index (κ2) is 7.71. The SMILES string of the molecule is Cl.Cl.c1csc([C@H](C2CCC2)N2CCNCC2)c1. The average molecular weight is 309 g/mol. The van der Waals surface area contributed by atoms with E-state index >= 15 is 0 Å². The van der Waals surface area contributed by atoms with Crippen molar-refractivity contribution < 1.29 is 0 Å². The Morgan fingerprint density at radius 2 is 1.94 bits per heavy atom. The van der Waals surface area contributed by atoms with Gasteiger partial charge in [-0.2, -0.15) is 0 Å². The zero-order valence-corrected chi connectivity index (χ0v) is 13.0. The molecule has 1 aromatic heterocycles. The Balaban J connectivity index is 0.000000810. The first-order chi connectivity index (χ1) is 7.95. The van der Waals surface area contributed by atoms with Gasteiger partial charge in [0.15, 0.2) is 0 Å². The smallest absolute Gasteiger partial charge is 0.0470 e. The van der Waals surface area contributed by atoms with Gasteiger partial charge in [0.25, 0.3) is 0 Å². The van der Waals surface area contributed by atoms with Crippen LogP contribution in [0.15, 0.2) is 17.5 Å². The number of nitrogens with one attached hydrogen (secondary N) is 1. The van der Waals surface area contributed by atoms with Gasteiger partial charge in [-0.3, -0.25) is 4.90 Å². The topological polar surface area (TPSA) is 15.3 Å². The molecular formula is C13H22Cl2N2S. The molecule has 1 aliphatic heterocycles. The van der Waals surface area contributed by atoms with E-state index in [4.69, 9.17) is 0 Å². The lowest BCUT2D eigenvalue weighted by molar-refractivity contribution is 0.0861. The van der Waals surface area contributed by atoms with E-state index in [1.165, 1.54) is 32.4 Å². The lowest BCUT2D eigenvalue weighted by Crippen LogP contribution is -2.47. The summed E-state index contributed by atoms with van der Waals surface area (Å²) in [5, 5.41) is 5.68. The van der Waals surface area contributed by atoms with Crippen LogP contribution in [-0.4, -0.2) is 31.1 Å². The third-order valence-electron chi connectivity index (χ3n) is 3.98. The molecule has 0 amide bonds. The summed E-state index contributed by atoms with van der Waals surface area (Å²) in [6.45, 7) is 4.77. The van der Waals surface area contributed by atoms with E-state index in [1.807, 2.05) is 11.3 Å². The van der Waals surface area contributed by atoms with Crippen LogP contribution in [0.2, 0.25) is 0 Å². The highest BCUT2D eigenvalue weighted by molar-refractivity contribution is 7.10. The quantitative estimate of drug-likeness (QED) is 0.921. The number of nitrogens with zero attached hydrogens (tertiary/aromatic N) is 1. The lowest BCUT2D eigenvalue weighted by Gasteiger charge is -2.42. The third kappa shape index (κ3) is 3.40. The molecule has 104 valence electrons. The van der Waals surface area contributed by atoms with Crippen LogP contribution >= 0.6 is 36.2 Å². The van der Waals surface area contributed by atoms with Crippen molar-refractivity contribution in [3.05, 3.63) is 22.4 Å². The molecule has 1 atom stereocenters. The van der Waals surface area contributed by atoms with Gasteiger partial charge < -0.3 is 5.32 Å². The Bertz CT molecular complexity index is 322. The molecule has 1 aliphatic carbocycles. The summed E-state index contributed by atoms with van der Waals surface area (Å²) >= 11 is 1.94. The van der Waals surface area contributed by atoms with Gasteiger partial charge in [-0.15, -0.1) is 36.2 Å². The summed E-state index contributed by atoms with van der Waals surface area (Å²) in [5.74, 6) is 0.928. The summed E-state index contributed by atoms with van der Waals surface area (Å²) in [6.07, 6.45) is 4.32. The molecule has 0 spiro atoms. The van der Waals surface area contributed by atoms with Gasteiger partial charge in [0.05, 0.1) is 0 Å². The zero-order chi connectivity index (χ0) is 10.8. The van der Waals surface area contributed by atoms with E-state index in [0.717, 1.165) is 25.0 Å². The van der Waals surface area contributed by atoms with Crippen molar-refractivity contribution in [2.45, 2.75) is 25.3 Å². The fraction of sp³-hybridized carbons (Fsp3) is 0.692. The Kier molecular flexibility index (Phi) is 6.96. The lowest BCUT2D eigenvalue weighted by atomic mass is 9.78. The predicted molar refractivity (Wildman–Crippen MR) is 83.3 cm³/mol. The molecule has 1 N–H and O–H groups in total. The third-order valence-corrected chi connectivity index (χ3v) is 4.92. The van der Waals surface area contributed by atoms with Gasteiger partial charge in [-0.25, -0.2) is 0 Å². The molecular weight excluding hydrogens is 287 g/mol. The number of piperazine rings is 1. The van der Waals surface area contributed by atoms with Gasteiger partial charge in [-0.1, -0.05) is 12.5 Å². The standard InChI is InChI=1S/C13H20N2S.2ClH/c1-3-11(4-1)13(12-5-2-10-16-12)15-8-6-14-7-9-15;;/h2,5,10-11,13-14H,1,3-4,6-9H2;2*1H/t13-;;/m0../s1. The van der Waals surface area contributed by atoms with Crippen molar-refractivity contribution in [1.29, 1.82) is 0 Å². The predicted octanol–water partition coefficient (Wildman–Crippen LogP) is 3.34. The fourth-order valence-corrected chi connectivity index (χ4v) is 3.84. The molecule has 1 aromatic rings. The second-order valence-electron chi connectivity index (χ2n) is 4.94. The molecule has 3 rings (SSSR count). The van der Waals surface area contributed by atoms with E-state index in [1.54, 1.807) is 4.88 Å². The Morgan fingerprint density at radius 1 is 1.22 bits per heavy atom. The summed E-state index contributed by atoms with van der Waals surface area (Å²) in [5.41, 5.74) is 0. The van der Waals surface area contributed by atoms with E-state index in [2.05, 4.69) is 27.7 Å². The van der Waals surface area contributed by atoms with E-state index in [0.29, 0.717) is 0 Å². The maximum Gasteiger partial charge on any atom is 0.0470 e. The number of rotatable bonds is 3. The minimum Gasteiger partial charge on any atom is -0.314 e. The monoisotopic (exact) mass is 308 g/mol. The summed E-state index contributed by atoms with van der Waals surface area (Å²) in [7, 11) is 0. The molecule has 2 nitrogen and oxygen atoms in total. The van der Waals surface area contributed by atoms with Crippen molar-refractivity contribution in [1.82, 2.24) is 10.2 Å². The first kappa shape index (κ1) is 16.3. The molecule has 2 fully saturated rings. The highest BCUT2D eigenvalue weighted by Gasteiger charge is 2.33. The van der Waals surface area contributed by atoms with Gasteiger partial charge in [0, 0.05) is 37.1 Å². The van der Waals surface area contributed by atoms with E-state index in [9.17, 15) is 0 Å². The summed E-state index contributed by atoms with van der Waals surface area (Å²) in [6, 6.07) is 5.25. The van der Waals surface area contributed by atoms with Gasteiger partial charge in [0.2, 0.25) is 0 Å². The van der Waals surface area contributed by atoms with E-state index < -0.39 is 0 Å². The van der Waals surface area contributed by atoms with Gasteiger partial charge >= 0.3 is 0 Å². The first-order valence-corrected chi connectivity index (χ1v) is 7.31. The number of halogens is 2. The number of hydrogen-bond acceptors (Lipinski definition) is 3. The van der Waals surface area contributed by atoms with Gasteiger partial charge in [0.1, 0.15) is 0 Å². The molecule has 18 heavy (non-hydrogen) atoms. The normalized spacial score (nSPS) is 22.4. The zero-order valence-electron chi connectivity index (χ0n) is 10.5. The van der Waals surface area contributed by atoms with Crippen LogP contribution in [0.25, 0.3) is 0 Å². The Morgan fingerprint density at radius 3 is 2.44 bits per heavy atom. The highest BCUT2D eigenvalue weighted by Crippen LogP contribution is 2.42. The number of thiophene rings is 1. The van der Waals surface area contributed by atoms with Crippen LogP contribution in [-0.2, 0) is 0 Å². The van der Waals surface area contributed by atoms with Crippen LogP contribution in [0.5, 0.6) is 0 Å². The largest absolute Gasteiger partial charge is 0.314 e. The van der Waals surface area contributed by atoms with Crippen molar-refractivity contribution >= 4 is 36.2 Å². The van der Waals surface area contributed by atoms with Crippen molar-refractivity contribution in [2.75, 3.05) is 26.2 Å². The van der Waals surface area contributed by atoms with Gasteiger partial charge in [-0.05, 0) is 30.2 Å². The van der Waals surface area contributed by atoms with Crippen molar-refractivity contribution in [3.63, 3.8) is 0 Å². The molecule has 1 saturated heterocycles. The molecule has 1 saturated carbocycles. The molecule has 0 unspecified atom stereocenters. The molecule has 2 heterocycles. The fourth-order valence-electron chi connectivity index (χ4n) is 2.89. The minimum atomic E-state index is 0. The van der Waals surface area contributed by atoms with Crippen LogP contribution in [0, 0.1) is 5.92 Å². The molecule has 0 radical (unpaired) electrons. The molecule has 0 aromatic carbocycles. The summed E-state index contributed by atoms with van der Waals surface area (Å²) in [4.78, 5) is 4.29. The maximum atomic E-state index is 3.45. The molecule has 0 bridgehead atoms. The minimum absolute atomic E-state index is 0.